The Morgan fingerprint density at radius 3 is 2.94 bits per heavy atom. The van der Waals surface area contributed by atoms with E-state index >= 15 is 0 Å². The van der Waals surface area contributed by atoms with E-state index in [0.717, 1.165) is 12.8 Å². The van der Waals surface area contributed by atoms with Crippen LogP contribution in [0.4, 0.5) is 4.79 Å². The van der Waals surface area contributed by atoms with Crippen LogP contribution in [0.1, 0.15) is 19.3 Å². The molecule has 6 nitrogen and oxygen atoms in total. The molecule has 0 aromatic rings. The van der Waals surface area contributed by atoms with Crippen molar-refractivity contribution in [2.24, 2.45) is 0 Å². The number of nitrogens with zero attached hydrogens (tertiary/aromatic N) is 1. The molecule has 1 heterocycles. The van der Waals surface area contributed by atoms with Crippen molar-refractivity contribution in [3.63, 3.8) is 0 Å². The highest BCUT2D eigenvalue weighted by molar-refractivity contribution is 5.83. The average molecular weight is 230 g/mol. The van der Waals surface area contributed by atoms with Gasteiger partial charge < -0.3 is 20.1 Å². The first-order valence-electron chi connectivity index (χ1n) is 5.43. The maximum absolute atomic E-state index is 11.6. The second-order valence-electron chi connectivity index (χ2n) is 3.77. The molecule has 1 atom stereocenters. The first-order chi connectivity index (χ1) is 7.66. The van der Waals surface area contributed by atoms with Crippen LogP contribution in [0, 0.1) is 0 Å². The number of carbonyl (C=O) groups is 2. The minimum absolute atomic E-state index is 0.291. The lowest BCUT2D eigenvalue weighted by Crippen LogP contribution is -2.46. The van der Waals surface area contributed by atoms with E-state index in [2.05, 4.69) is 5.32 Å². The molecule has 6 heteroatoms. The molecular weight excluding hydrogens is 212 g/mol. The van der Waals surface area contributed by atoms with Gasteiger partial charge in [0.25, 0.3) is 0 Å². The van der Waals surface area contributed by atoms with Crippen molar-refractivity contribution >= 4 is 12.0 Å². The van der Waals surface area contributed by atoms with Crippen LogP contribution in [-0.4, -0.2) is 54.9 Å². The summed E-state index contributed by atoms with van der Waals surface area (Å²) < 4.78 is 4.85. The highest BCUT2D eigenvalue weighted by atomic mass is 16.5. The summed E-state index contributed by atoms with van der Waals surface area (Å²) in [6, 6.07) is -0.955. The lowest BCUT2D eigenvalue weighted by atomic mass is 10.2. The number of ether oxygens (including phenoxy) is 1. The molecule has 0 radical (unpaired) electrons. The molecule has 92 valence electrons. The number of aliphatic carboxylic acids is 1. The Balaban J connectivity index is 2.32. The van der Waals surface area contributed by atoms with Gasteiger partial charge in [-0.1, -0.05) is 0 Å². The molecule has 0 unspecified atom stereocenters. The zero-order valence-electron chi connectivity index (χ0n) is 9.44. The van der Waals surface area contributed by atoms with Gasteiger partial charge in [-0.2, -0.15) is 0 Å². The number of amides is 2. The van der Waals surface area contributed by atoms with Gasteiger partial charge in [0.2, 0.25) is 0 Å². The smallest absolute Gasteiger partial charge is 0.326 e. The Hall–Kier alpha value is -1.30. The average Bonchev–Trinajstić information content (AvgIpc) is 2.73. The van der Waals surface area contributed by atoms with Crippen molar-refractivity contribution in [2.75, 3.05) is 26.8 Å². The zero-order chi connectivity index (χ0) is 12.0. The monoisotopic (exact) mass is 230 g/mol. The second kappa shape index (κ2) is 6.32. The summed E-state index contributed by atoms with van der Waals surface area (Å²) in [6.07, 6.45) is 2.02. The molecule has 0 saturated carbocycles. The van der Waals surface area contributed by atoms with E-state index in [4.69, 9.17) is 9.84 Å². The molecule has 0 spiro atoms. The van der Waals surface area contributed by atoms with Gasteiger partial charge in [-0.15, -0.1) is 0 Å². The second-order valence-corrected chi connectivity index (χ2v) is 3.77. The van der Waals surface area contributed by atoms with Crippen LogP contribution >= 0.6 is 0 Å². The standard InChI is InChI=1S/C10H18N2O4/c1-16-7-3-5-11-10(15)12-6-2-4-8(12)9(13)14/h8H,2-7H2,1H3,(H,11,15)(H,13,14)/t8-/m1/s1. The van der Waals surface area contributed by atoms with E-state index in [0.29, 0.717) is 26.1 Å². The van der Waals surface area contributed by atoms with Crippen LogP contribution in [-0.2, 0) is 9.53 Å². The van der Waals surface area contributed by atoms with Crippen molar-refractivity contribution < 1.29 is 19.4 Å². The highest BCUT2D eigenvalue weighted by Crippen LogP contribution is 2.17. The SMILES string of the molecule is COCCCNC(=O)N1CCC[C@@H]1C(=O)O. The summed E-state index contributed by atoms with van der Waals surface area (Å²) in [5.41, 5.74) is 0. The zero-order valence-corrected chi connectivity index (χ0v) is 9.44. The molecule has 2 N–H and O–H groups in total. The van der Waals surface area contributed by atoms with Crippen LogP contribution in [0.3, 0.4) is 0 Å². The van der Waals surface area contributed by atoms with Crippen molar-refractivity contribution in [2.45, 2.75) is 25.3 Å². The quantitative estimate of drug-likeness (QED) is 0.665. The molecule has 0 aromatic heterocycles. The molecule has 16 heavy (non-hydrogen) atoms. The number of carbonyl (C=O) groups excluding carboxylic acids is 1. The van der Waals surface area contributed by atoms with Gasteiger partial charge in [0.15, 0.2) is 0 Å². The highest BCUT2D eigenvalue weighted by Gasteiger charge is 2.33. The number of methoxy groups -OCH3 is 1. The van der Waals surface area contributed by atoms with E-state index in [9.17, 15) is 9.59 Å². The number of nitrogens with one attached hydrogen (secondary N) is 1. The number of hydrogen-bond acceptors (Lipinski definition) is 3. The third kappa shape index (κ3) is 3.37. The molecule has 0 aliphatic carbocycles. The lowest BCUT2D eigenvalue weighted by Gasteiger charge is -2.21. The van der Waals surface area contributed by atoms with Crippen LogP contribution in [0.25, 0.3) is 0 Å². The predicted octanol–water partition coefficient (Wildman–Crippen LogP) is 0.281. The summed E-state index contributed by atoms with van der Waals surface area (Å²) in [5.74, 6) is -0.926. The molecule has 1 aliphatic rings. The van der Waals surface area contributed by atoms with Gasteiger partial charge in [-0.25, -0.2) is 9.59 Å². The molecule has 1 fully saturated rings. The minimum atomic E-state index is -0.926. The normalized spacial score (nSPS) is 19.8. The molecule has 1 aliphatic heterocycles. The third-order valence-electron chi connectivity index (χ3n) is 2.60. The Morgan fingerprint density at radius 1 is 1.56 bits per heavy atom. The summed E-state index contributed by atoms with van der Waals surface area (Å²) in [7, 11) is 1.60. The maximum Gasteiger partial charge on any atom is 0.326 e. The van der Waals surface area contributed by atoms with Crippen molar-refractivity contribution in [3.8, 4) is 0 Å². The summed E-state index contributed by atoms with van der Waals surface area (Å²) in [4.78, 5) is 23.9. The topological polar surface area (TPSA) is 78.9 Å². The van der Waals surface area contributed by atoms with E-state index in [1.807, 2.05) is 0 Å². The fourth-order valence-corrected chi connectivity index (χ4v) is 1.78. The predicted molar refractivity (Wildman–Crippen MR) is 57.3 cm³/mol. The van der Waals surface area contributed by atoms with Gasteiger partial charge in [0.1, 0.15) is 6.04 Å². The van der Waals surface area contributed by atoms with Gasteiger partial charge in [0.05, 0.1) is 0 Å². The van der Waals surface area contributed by atoms with Gasteiger partial charge in [0, 0.05) is 26.8 Å². The molecule has 0 aromatic carbocycles. The van der Waals surface area contributed by atoms with E-state index < -0.39 is 12.0 Å². The van der Waals surface area contributed by atoms with E-state index in [1.165, 1.54) is 4.90 Å². The van der Waals surface area contributed by atoms with Crippen molar-refractivity contribution in [1.29, 1.82) is 0 Å². The number of rotatable bonds is 5. The van der Waals surface area contributed by atoms with Gasteiger partial charge in [-0.3, -0.25) is 0 Å². The fraction of sp³-hybridized carbons (Fsp3) is 0.800. The van der Waals surface area contributed by atoms with Crippen LogP contribution < -0.4 is 5.32 Å². The number of carboxylic acid groups (broad SMARTS) is 1. The largest absolute Gasteiger partial charge is 0.480 e. The van der Waals surface area contributed by atoms with E-state index in [1.54, 1.807) is 7.11 Å². The Kier molecular flexibility index (Phi) is 5.04. The lowest BCUT2D eigenvalue weighted by molar-refractivity contribution is -0.141. The summed E-state index contributed by atoms with van der Waals surface area (Å²) >= 11 is 0. The van der Waals surface area contributed by atoms with Gasteiger partial charge >= 0.3 is 12.0 Å². The Morgan fingerprint density at radius 2 is 2.31 bits per heavy atom. The van der Waals surface area contributed by atoms with Crippen LogP contribution in [0.2, 0.25) is 0 Å². The maximum atomic E-state index is 11.6. The first-order valence-corrected chi connectivity index (χ1v) is 5.43. The van der Waals surface area contributed by atoms with Gasteiger partial charge in [-0.05, 0) is 19.3 Å². The van der Waals surface area contributed by atoms with Crippen molar-refractivity contribution in [3.05, 3.63) is 0 Å². The van der Waals surface area contributed by atoms with Crippen molar-refractivity contribution in [1.82, 2.24) is 10.2 Å². The Bertz CT molecular complexity index is 257. The molecule has 1 rings (SSSR count). The molecular formula is C10H18N2O4. The number of carboxylic acids is 1. The molecule has 1 saturated heterocycles. The summed E-state index contributed by atoms with van der Waals surface area (Å²) in [6.45, 7) is 1.62. The van der Waals surface area contributed by atoms with E-state index in [-0.39, 0.29) is 6.03 Å². The Labute approximate surface area is 94.6 Å². The first kappa shape index (κ1) is 12.8. The minimum Gasteiger partial charge on any atom is -0.480 e. The molecule has 2 amide bonds. The van der Waals surface area contributed by atoms with Crippen LogP contribution in [0.15, 0.2) is 0 Å². The third-order valence-corrected chi connectivity index (χ3v) is 2.60. The molecule has 0 bridgehead atoms. The number of hydrogen-bond donors (Lipinski definition) is 2. The number of urea groups is 1. The number of likely N-dealkylation sites (tertiary alicyclic amines) is 1. The summed E-state index contributed by atoms with van der Waals surface area (Å²) in [5, 5.41) is 11.6. The van der Waals surface area contributed by atoms with Crippen LogP contribution in [0.5, 0.6) is 0 Å². The fourth-order valence-electron chi connectivity index (χ4n) is 1.78.